The van der Waals surface area contributed by atoms with E-state index < -0.39 is 15.2 Å². The van der Waals surface area contributed by atoms with E-state index in [0.29, 0.717) is 16.7 Å². The number of benzene rings is 1. The molecule has 7 nitrogen and oxygen atoms in total. The van der Waals surface area contributed by atoms with Crippen molar-refractivity contribution in [3.63, 3.8) is 0 Å². The number of rotatable bonds is 3. The third-order valence-corrected chi connectivity index (χ3v) is 8.84. The van der Waals surface area contributed by atoms with Crippen molar-refractivity contribution in [3.8, 4) is 21.8 Å². The van der Waals surface area contributed by atoms with Crippen molar-refractivity contribution in [2.24, 2.45) is 10.7 Å². The van der Waals surface area contributed by atoms with E-state index in [-0.39, 0.29) is 11.7 Å². The first-order chi connectivity index (χ1) is 13.6. The number of thiophene rings is 1. The van der Waals surface area contributed by atoms with Gasteiger partial charge in [-0.1, -0.05) is 35.0 Å². The van der Waals surface area contributed by atoms with Crippen LogP contribution < -0.4 is 5.73 Å². The summed E-state index contributed by atoms with van der Waals surface area (Å²) >= 11 is 8.09. The van der Waals surface area contributed by atoms with E-state index in [1.165, 1.54) is 15.6 Å². The summed E-state index contributed by atoms with van der Waals surface area (Å²) in [5.41, 5.74) is 7.02. The topological polar surface area (TPSA) is 97.6 Å². The van der Waals surface area contributed by atoms with Gasteiger partial charge in [-0.15, -0.1) is 11.3 Å². The Labute approximate surface area is 178 Å². The van der Waals surface area contributed by atoms with E-state index in [0.717, 1.165) is 20.9 Å². The minimum Gasteiger partial charge on any atom is -0.369 e. The van der Waals surface area contributed by atoms with E-state index in [1.54, 1.807) is 14.0 Å². The van der Waals surface area contributed by atoms with Crippen LogP contribution in [0.4, 0.5) is 0 Å². The Hall–Kier alpha value is -2.36. The van der Waals surface area contributed by atoms with Crippen molar-refractivity contribution < 1.29 is 8.73 Å². The van der Waals surface area contributed by atoms with Gasteiger partial charge in [-0.2, -0.15) is 4.98 Å². The quantitative estimate of drug-likeness (QED) is 0.617. The van der Waals surface area contributed by atoms with Crippen molar-refractivity contribution in [3.05, 3.63) is 46.1 Å². The summed E-state index contributed by atoms with van der Waals surface area (Å²) < 4.78 is 19.4. The molecule has 0 saturated carbocycles. The average Bonchev–Trinajstić information content (AvgIpc) is 3.26. The van der Waals surface area contributed by atoms with E-state index in [4.69, 9.17) is 21.9 Å². The molecule has 1 aliphatic heterocycles. The highest BCUT2D eigenvalue weighted by molar-refractivity contribution is 7.98. The summed E-state index contributed by atoms with van der Waals surface area (Å²) in [6, 6.07) is 9.71. The molecule has 29 heavy (non-hydrogen) atoms. The standard InChI is InChI=1S/C19H20ClN5O2S2/c1-11-22-17(24-27-11)13-7-5-6-12(8-13)15-9-14(20)16(28-15)19(2)10-29(4,26)25(3)18(21)23-19/h5-9H,4,10H2,1-3H3,(H2,21,23)/t19-,29?/m0/s1. The molecule has 0 saturated heterocycles. The third kappa shape index (κ3) is 3.54. The molecule has 3 aromatic rings. The lowest BCUT2D eigenvalue weighted by Crippen LogP contribution is -2.50. The summed E-state index contributed by atoms with van der Waals surface area (Å²) in [5, 5.41) is 4.54. The van der Waals surface area contributed by atoms with Gasteiger partial charge in [0.2, 0.25) is 17.7 Å². The summed E-state index contributed by atoms with van der Waals surface area (Å²) in [6.45, 7) is 3.64. The number of aliphatic imine (C=N–C) groups is 1. The smallest absolute Gasteiger partial charge is 0.223 e. The Morgan fingerprint density at radius 2 is 2.10 bits per heavy atom. The Balaban J connectivity index is 1.76. The Bertz CT molecular complexity index is 1230. The van der Waals surface area contributed by atoms with E-state index in [2.05, 4.69) is 21.0 Å². The first kappa shape index (κ1) is 19.9. The van der Waals surface area contributed by atoms with Gasteiger partial charge in [0, 0.05) is 24.4 Å². The van der Waals surface area contributed by atoms with Crippen LogP contribution in [-0.4, -0.2) is 43.3 Å². The molecule has 10 heteroatoms. The lowest BCUT2D eigenvalue weighted by molar-refractivity contribution is 0.394. The molecule has 1 aromatic carbocycles. The molecule has 1 aliphatic rings. The molecule has 0 bridgehead atoms. The van der Waals surface area contributed by atoms with E-state index in [1.807, 2.05) is 37.3 Å². The summed E-state index contributed by atoms with van der Waals surface area (Å²) in [5.74, 6) is 5.32. The molecule has 0 radical (unpaired) electrons. The molecule has 4 rings (SSSR count). The molecule has 2 atom stereocenters. The molecular weight excluding hydrogens is 430 g/mol. The largest absolute Gasteiger partial charge is 0.369 e. The van der Waals surface area contributed by atoms with Crippen LogP contribution in [0.5, 0.6) is 0 Å². The number of hydrogen-bond acceptors (Lipinski definition) is 7. The maximum absolute atomic E-state index is 12.9. The van der Waals surface area contributed by atoms with Crippen LogP contribution in [-0.2, 0) is 15.2 Å². The van der Waals surface area contributed by atoms with E-state index in [9.17, 15) is 4.21 Å². The fraction of sp³-hybridized carbons (Fsp3) is 0.263. The Morgan fingerprint density at radius 3 is 2.76 bits per heavy atom. The molecular formula is C19H20ClN5O2S2. The number of aryl methyl sites for hydroxylation is 1. The minimum absolute atomic E-state index is 0.194. The average molecular weight is 450 g/mol. The fourth-order valence-electron chi connectivity index (χ4n) is 3.28. The lowest BCUT2D eigenvalue weighted by Gasteiger charge is -2.36. The zero-order valence-electron chi connectivity index (χ0n) is 16.2. The van der Waals surface area contributed by atoms with Crippen molar-refractivity contribution in [2.75, 3.05) is 12.8 Å². The van der Waals surface area contributed by atoms with Crippen molar-refractivity contribution in [1.29, 1.82) is 0 Å². The second-order valence-corrected chi connectivity index (χ2v) is 11.0. The molecule has 0 amide bonds. The number of nitrogens with zero attached hydrogens (tertiary/aromatic N) is 4. The molecule has 0 fully saturated rings. The highest BCUT2D eigenvalue weighted by atomic mass is 35.5. The number of nitrogens with two attached hydrogens (primary N) is 1. The van der Waals surface area contributed by atoms with Crippen LogP contribution in [0.3, 0.4) is 0 Å². The number of guanidine groups is 1. The molecule has 1 unspecified atom stereocenters. The van der Waals surface area contributed by atoms with Crippen LogP contribution in [0.25, 0.3) is 21.8 Å². The first-order valence-electron chi connectivity index (χ1n) is 8.74. The maximum Gasteiger partial charge on any atom is 0.223 e. The number of aromatic nitrogens is 2. The van der Waals surface area contributed by atoms with Gasteiger partial charge in [-0.3, -0.25) is 4.31 Å². The fourth-order valence-corrected chi connectivity index (χ4v) is 6.67. The van der Waals surface area contributed by atoms with Gasteiger partial charge in [0.25, 0.3) is 0 Å². The first-order valence-corrected chi connectivity index (χ1v) is 11.8. The normalized spacial score (nSPS) is 24.6. The SMILES string of the molecule is C=S1(=O)C[C@@](C)(c2sc(-c3cccc(-c4noc(C)n4)c3)cc2Cl)N=C(N)N1C. The van der Waals surface area contributed by atoms with Gasteiger partial charge in [-0.05, 0) is 30.5 Å². The van der Waals surface area contributed by atoms with Gasteiger partial charge in [0.15, 0.2) is 0 Å². The second kappa shape index (κ2) is 6.86. The summed E-state index contributed by atoms with van der Waals surface area (Å²) in [6.07, 6.45) is 0. The molecule has 152 valence electrons. The Morgan fingerprint density at radius 1 is 1.38 bits per heavy atom. The zero-order chi connectivity index (χ0) is 21.0. The third-order valence-electron chi connectivity index (χ3n) is 4.80. The van der Waals surface area contributed by atoms with Gasteiger partial charge in [-0.25, -0.2) is 9.20 Å². The van der Waals surface area contributed by atoms with Gasteiger partial charge in [0.1, 0.15) is 5.54 Å². The van der Waals surface area contributed by atoms with Gasteiger partial charge >= 0.3 is 0 Å². The van der Waals surface area contributed by atoms with Crippen molar-refractivity contribution >= 4 is 44.5 Å². The summed E-state index contributed by atoms with van der Waals surface area (Å²) in [7, 11) is -0.941. The van der Waals surface area contributed by atoms with Crippen LogP contribution in [0, 0.1) is 6.92 Å². The Kier molecular flexibility index (Phi) is 4.71. The molecule has 0 aliphatic carbocycles. The van der Waals surface area contributed by atoms with Crippen LogP contribution >= 0.6 is 22.9 Å². The highest BCUT2D eigenvalue weighted by Gasteiger charge is 2.39. The van der Waals surface area contributed by atoms with Crippen molar-refractivity contribution in [1.82, 2.24) is 14.4 Å². The van der Waals surface area contributed by atoms with Crippen molar-refractivity contribution in [2.45, 2.75) is 19.4 Å². The monoisotopic (exact) mass is 449 g/mol. The van der Waals surface area contributed by atoms with Gasteiger partial charge < -0.3 is 10.3 Å². The number of halogens is 1. The van der Waals surface area contributed by atoms with E-state index >= 15 is 0 Å². The van der Waals surface area contributed by atoms with Crippen LogP contribution in [0.1, 0.15) is 17.7 Å². The molecule has 2 aromatic heterocycles. The zero-order valence-corrected chi connectivity index (χ0v) is 18.6. The molecule has 0 spiro atoms. The predicted molar refractivity (Wildman–Crippen MR) is 120 cm³/mol. The van der Waals surface area contributed by atoms with Crippen LogP contribution in [0.15, 0.2) is 39.8 Å². The lowest BCUT2D eigenvalue weighted by atomic mass is 10.0. The molecule has 2 N–H and O–H groups in total. The minimum atomic E-state index is -2.58. The van der Waals surface area contributed by atoms with Gasteiger partial charge in [0.05, 0.1) is 25.4 Å². The van der Waals surface area contributed by atoms with Crippen LogP contribution in [0.2, 0.25) is 5.02 Å². The number of hydrogen-bond donors (Lipinski definition) is 1. The summed E-state index contributed by atoms with van der Waals surface area (Å²) in [4.78, 5) is 10.6. The second-order valence-electron chi connectivity index (χ2n) is 7.16. The molecule has 3 heterocycles. The highest BCUT2D eigenvalue weighted by Crippen LogP contribution is 2.44. The predicted octanol–water partition coefficient (Wildman–Crippen LogP) is 3.53. The maximum atomic E-state index is 12.9.